The number of aliphatic imine (C=N–C) groups is 1. The average molecular weight is 501 g/mol. The molecule has 0 bridgehead atoms. The number of nitrogens with one attached hydrogen (secondary N) is 2. The summed E-state index contributed by atoms with van der Waals surface area (Å²) in [7, 11) is 1.95. The number of anilines is 1. The molecule has 154 valence electrons. The molecule has 2 N–H and O–H groups in total. The largest absolute Gasteiger partial charge is 0.371 e. The van der Waals surface area contributed by atoms with Crippen LogP contribution >= 0.6 is 24.0 Å². The molecule has 0 saturated carbocycles. The molecule has 3 rings (SSSR count). The lowest BCUT2D eigenvalue weighted by Gasteiger charge is -2.34. The van der Waals surface area contributed by atoms with Crippen molar-refractivity contribution in [1.29, 1.82) is 0 Å². The maximum absolute atomic E-state index is 13.4. The molecule has 0 aliphatic carbocycles. The molecule has 1 aliphatic heterocycles. The molecule has 9 heteroatoms. The molecule has 2 aromatic rings. The maximum Gasteiger partial charge on any atom is 0.191 e. The van der Waals surface area contributed by atoms with E-state index in [2.05, 4.69) is 37.6 Å². The van der Waals surface area contributed by atoms with Crippen molar-refractivity contribution in [3.63, 3.8) is 0 Å². The van der Waals surface area contributed by atoms with E-state index in [4.69, 9.17) is 0 Å². The highest BCUT2D eigenvalue weighted by atomic mass is 127. The normalized spacial score (nSPS) is 15.3. The molecule has 28 heavy (non-hydrogen) atoms. The fraction of sp³-hybridized carbons (Fsp3) is 0.526. The van der Waals surface area contributed by atoms with Gasteiger partial charge in [-0.05, 0) is 44.9 Å². The van der Waals surface area contributed by atoms with Crippen molar-refractivity contribution < 1.29 is 4.39 Å². The molecule has 1 fully saturated rings. The van der Waals surface area contributed by atoms with Gasteiger partial charge in [0, 0.05) is 38.4 Å². The smallest absolute Gasteiger partial charge is 0.191 e. The van der Waals surface area contributed by atoms with E-state index in [1.807, 2.05) is 24.6 Å². The monoisotopic (exact) mass is 501 g/mol. The van der Waals surface area contributed by atoms with Gasteiger partial charge in [-0.15, -0.1) is 34.2 Å². The summed E-state index contributed by atoms with van der Waals surface area (Å²) < 4.78 is 15.4. The van der Waals surface area contributed by atoms with Gasteiger partial charge in [0.25, 0.3) is 0 Å². The van der Waals surface area contributed by atoms with Crippen LogP contribution in [0.25, 0.3) is 0 Å². The van der Waals surface area contributed by atoms with Crippen LogP contribution in [0.5, 0.6) is 0 Å². The van der Waals surface area contributed by atoms with E-state index in [0.29, 0.717) is 12.6 Å². The van der Waals surface area contributed by atoms with Crippen LogP contribution in [0.1, 0.15) is 31.4 Å². The van der Waals surface area contributed by atoms with Gasteiger partial charge < -0.3 is 20.1 Å². The first kappa shape index (κ1) is 22.4. The van der Waals surface area contributed by atoms with Crippen LogP contribution in [-0.4, -0.2) is 46.4 Å². The Hall–Kier alpha value is -1.91. The number of piperidine rings is 1. The number of hydrogen-bond acceptors (Lipinski definition) is 4. The zero-order valence-electron chi connectivity index (χ0n) is 16.7. The van der Waals surface area contributed by atoms with Crippen LogP contribution in [0.3, 0.4) is 0 Å². The topological polar surface area (TPSA) is 70.4 Å². The van der Waals surface area contributed by atoms with Gasteiger partial charge in [-0.3, -0.25) is 0 Å². The zero-order chi connectivity index (χ0) is 19.2. The van der Waals surface area contributed by atoms with Crippen LogP contribution in [0, 0.1) is 12.7 Å². The zero-order valence-corrected chi connectivity index (χ0v) is 19.0. The van der Waals surface area contributed by atoms with E-state index in [1.165, 1.54) is 6.07 Å². The van der Waals surface area contributed by atoms with Gasteiger partial charge in [0.15, 0.2) is 11.8 Å². The van der Waals surface area contributed by atoms with Gasteiger partial charge in [-0.25, -0.2) is 9.38 Å². The first-order valence-corrected chi connectivity index (χ1v) is 9.47. The quantitative estimate of drug-likeness (QED) is 0.375. The highest BCUT2D eigenvalue weighted by molar-refractivity contribution is 14.0. The van der Waals surface area contributed by atoms with Crippen molar-refractivity contribution >= 4 is 35.6 Å². The molecule has 0 unspecified atom stereocenters. The lowest BCUT2D eigenvalue weighted by atomic mass is 10.0. The molecule has 2 heterocycles. The molecular formula is C19H29FIN7. The van der Waals surface area contributed by atoms with Gasteiger partial charge in [-0.2, -0.15) is 0 Å². The molecule has 0 amide bonds. The molecule has 0 radical (unpaired) electrons. The van der Waals surface area contributed by atoms with E-state index in [-0.39, 0.29) is 29.8 Å². The first-order chi connectivity index (χ1) is 13.1. The Morgan fingerprint density at radius 1 is 1.29 bits per heavy atom. The van der Waals surface area contributed by atoms with Crippen molar-refractivity contribution in [2.45, 2.75) is 39.3 Å². The fourth-order valence-corrected chi connectivity index (χ4v) is 3.21. The molecular weight excluding hydrogens is 472 g/mol. The number of aromatic nitrogens is 3. The third-order valence-corrected chi connectivity index (χ3v) is 4.91. The van der Waals surface area contributed by atoms with Crippen LogP contribution in [0.15, 0.2) is 29.3 Å². The lowest BCUT2D eigenvalue weighted by molar-refractivity contribution is 0.461. The van der Waals surface area contributed by atoms with Crippen molar-refractivity contribution in [3.05, 3.63) is 41.7 Å². The number of guanidine groups is 1. The average Bonchev–Trinajstić information content (AvgIpc) is 2.99. The van der Waals surface area contributed by atoms with E-state index in [1.54, 1.807) is 12.1 Å². The summed E-state index contributed by atoms with van der Waals surface area (Å²) in [5, 5.41) is 15.0. The molecule has 1 aliphatic rings. The second-order valence-electron chi connectivity index (χ2n) is 6.80. The number of rotatable bonds is 5. The summed E-state index contributed by atoms with van der Waals surface area (Å²) >= 11 is 0. The van der Waals surface area contributed by atoms with Crippen molar-refractivity contribution in [2.24, 2.45) is 12.0 Å². The van der Waals surface area contributed by atoms with Crippen LogP contribution in [0.4, 0.5) is 10.1 Å². The minimum Gasteiger partial charge on any atom is -0.371 e. The molecule has 0 atom stereocenters. The van der Waals surface area contributed by atoms with E-state index < -0.39 is 0 Å². The maximum atomic E-state index is 13.4. The van der Waals surface area contributed by atoms with Crippen LogP contribution in [-0.2, 0) is 13.6 Å². The van der Waals surface area contributed by atoms with Crippen molar-refractivity contribution in [2.75, 3.05) is 24.5 Å². The Morgan fingerprint density at radius 3 is 2.64 bits per heavy atom. The number of halogens is 2. The predicted octanol–water partition coefficient (Wildman–Crippen LogP) is 2.60. The summed E-state index contributed by atoms with van der Waals surface area (Å²) in [6.45, 7) is 7.04. The van der Waals surface area contributed by atoms with E-state index >= 15 is 0 Å². The summed E-state index contributed by atoms with van der Waals surface area (Å²) in [5.41, 5.74) is 0.951. The van der Waals surface area contributed by atoms with Gasteiger partial charge in [0.1, 0.15) is 18.2 Å². The highest BCUT2D eigenvalue weighted by Crippen LogP contribution is 2.20. The second kappa shape index (κ2) is 10.6. The molecule has 1 aromatic heterocycles. The third kappa shape index (κ3) is 5.79. The minimum atomic E-state index is -0.187. The molecule has 1 aromatic carbocycles. The van der Waals surface area contributed by atoms with Gasteiger partial charge >= 0.3 is 0 Å². The second-order valence-corrected chi connectivity index (χ2v) is 6.80. The highest BCUT2D eigenvalue weighted by Gasteiger charge is 2.20. The number of nitrogens with zero attached hydrogens (tertiary/aromatic N) is 5. The number of benzene rings is 1. The van der Waals surface area contributed by atoms with E-state index in [9.17, 15) is 4.39 Å². The SMILES string of the molecule is CCNC(=NCc1nnc(C)n1C)NC1CCN(c2cccc(F)c2)CC1.I. The summed E-state index contributed by atoms with van der Waals surface area (Å²) in [6.07, 6.45) is 1.95. The predicted molar refractivity (Wildman–Crippen MR) is 121 cm³/mol. The number of aryl methyl sites for hydroxylation is 1. The van der Waals surface area contributed by atoms with Gasteiger partial charge in [0.05, 0.1) is 0 Å². The molecule has 0 spiro atoms. The summed E-state index contributed by atoms with van der Waals surface area (Å²) in [4.78, 5) is 6.88. The van der Waals surface area contributed by atoms with Crippen molar-refractivity contribution in [1.82, 2.24) is 25.4 Å². The Labute approximate surface area is 182 Å². The van der Waals surface area contributed by atoms with Crippen LogP contribution in [0.2, 0.25) is 0 Å². The summed E-state index contributed by atoms with van der Waals surface area (Å²) in [5.74, 6) is 2.32. The fourth-order valence-electron chi connectivity index (χ4n) is 3.21. The minimum absolute atomic E-state index is 0. The standard InChI is InChI=1S/C19H28FN7.HI/c1-4-21-19(22-13-18-25-24-14(2)26(18)3)23-16-8-10-27(11-9-16)17-7-5-6-15(20)12-17;/h5-7,12,16H,4,8-11,13H2,1-3H3,(H2,21,22,23);1H. The molecule has 1 saturated heterocycles. The Balaban J connectivity index is 0.00000280. The van der Waals surface area contributed by atoms with E-state index in [0.717, 1.165) is 55.8 Å². The van der Waals surface area contributed by atoms with Crippen LogP contribution < -0.4 is 15.5 Å². The van der Waals surface area contributed by atoms with Gasteiger partial charge in [-0.1, -0.05) is 6.07 Å². The Morgan fingerprint density at radius 2 is 2.04 bits per heavy atom. The van der Waals surface area contributed by atoms with Crippen molar-refractivity contribution in [3.8, 4) is 0 Å². The summed E-state index contributed by atoms with van der Waals surface area (Å²) in [6, 6.07) is 7.15. The lowest BCUT2D eigenvalue weighted by Crippen LogP contribution is -2.48. The number of hydrogen-bond donors (Lipinski definition) is 2. The Bertz CT molecular complexity index is 784. The first-order valence-electron chi connectivity index (χ1n) is 9.47. The molecule has 7 nitrogen and oxygen atoms in total. The Kier molecular flexibility index (Phi) is 8.46. The van der Waals surface area contributed by atoms with Gasteiger partial charge in [0.2, 0.25) is 0 Å². The third-order valence-electron chi connectivity index (χ3n) is 4.91.